The van der Waals surface area contributed by atoms with Gasteiger partial charge < -0.3 is 5.32 Å². The number of halogens is 3. The van der Waals surface area contributed by atoms with Gasteiger partial charge in [-0.2, -0.15) is 13.2 Å². The molecule has 0 saturated carbocycles. The van der Waals surface area contributed by atoms with Gasteiger partial charge in [0, 0.05) is 0 Å². The zero-order chi connectivity index (χ0) is 10.6. The molecule has 1 unspecified atom stereocenters. The highest BCUT2D eigenvalue weighted by Gasteiger charge is 2.31. The van der Waals surface area contributed by atoms with Crippen molar-refractivity contribution in [1.29, 1.82) is 0 Å². The summed E-state index contributed by atoms with van der Waals surface area (Å²) in [6.07, 6.45) is -6.08. The van der Waals surface area contributed by atoms with Crippen molar-refractivity contribution in [1.82, 2.24) is 5.32 Å². The van der Waals surface area contributed by atoms with Gasteiger partial charge >= 0.3 is 6.18 Å². The first-order valence-corrected chi connectivity index (χ1v) is 3.59. The van der Waals surface area contributed by atoms with Crippen LogP contribution in [0.2, 0.25) is 0 Å². The molecule has 0 bridgehead atoms. The first-order valence-electron chi connectivity index (χ1n) is 3.59. The van der Waals surface area contributed by atoms with Crippen LogP contribution in [0.3, 0.4) is 0 Å². The summed E-state index contributed by atoms with van der Waals surface area (Å²) in [5.74, 6) is -1.56. The SMILES string of the molecule is CC(=O)C(C)NC(=O)CC(F)(F)F. The number of carbonyl (C=O) groups excluding carboxylic acids is 2. The first kappa shape index (κ1) is 11.9. The third kappa shape index (κ3) is 6.12. The number of Topliss-reactive ketones (excluding diaryl/α,β-unsaturated/α-hetero) is 1. The van der Waals surface area contributed by atoms with E-state index in [1.807, 2.05) is 5.32 Å². The third-order valence-electron chi connectivity index (χ3n) is 1.35. The lowest BCUT2D eigenvalue weighted by atomic mass is 10.2. The lowest BCUT2D eigenvalue weighted by Gasteiger charge is -2.11. The highest BCUT2D eigenvalue weighted by Crippen LogP contribution is 2.18. The Morgan fingerprint density at radius 1 is 1.38 bits per heavy atom. The molecule has 0 aliphatic rings. The molecule has 0 saturated heterocycles. The van der Waals surface area contributed by atoms with Crippen LogP contribution in [0.25, 0.3) is 0 Å². The van der Waals surface area contributed by atoms with Crippen LogP contribution >= 0.6 is 0 Å². The summed E-state index contributed by atoms with van der Waals surface area (Å²) < 4.78 is 34.8. The third-order valence-corrected chi connectivity index (χ3v) is 1.35. The van der Waals surface area contributed by atoms with Crippen molar-refractivity contribution in [3.63, 3.8) is 0 Å². The van der Waals surface area contributed by atoms with E-state index in [2.05, 4.69) is 0 Å². The molecule has 1 atom stereocenters. The fraction of sp³-hybridized carbons (Fsp3) is 0.714. The average molecular weight is 197 g/mol. The van der Waals surface area contributed by atoms with Gasteiger partial charge in [0.05, 0.1) is 6.04 Å². The molecule has 1 N–H and O–H groups in total. The fourth-order valence-corrected chi connectivity index (χ4v) is 0.576. The van der Waals surface area contributed by atoms with E-state index in [1.54, 1.807) is 0 Å². The summed E-state index contributed by atoms with van der Waals surface area (Å²) in [4.78, 5) is 21.1. The van der Waals surface area contributed by atoms with Crippen LogP contribution < -0.4 is 5.32 Å². The normalized spacial score (nSPS) is 13.6. The maximum atomic E-state index is 11.6. The summed E-state index contributed by atoms with van der Waals surface area (Å²) in [7, 11) is 0. The van der Waals surface area contributed by atoms with E-state index in [9.17, 15) is 22.8 Å². The Hall–Kier alpha value is -1.07. The molecule has 76 valence electrons. The maximum Gasteiger partial charge on any atom is 0.397 e. The lowest BCUT2D eigenvalue weighted by molar-refractivity contribution is -0.154. The fourth-order valence-electron chi connectivity index (χ4n) is 0.576. The Labute approximate surface area is 73.3 Å². The number of amides is 1. The van der Waals surface area contributed by atoms with E-state index in [4.69, 9.17) is 0 Å². The van der Waals surface area contributed by atoms with Crippen LogP contribution in [0.1, 0.15) is 20.3 Å². The van der Waals surface area contributed by atoms with Gasteiger partial charge in [0.1, 0.15) is 6.42 Å². The molecule has 6 heteroatoms. The van der Waals surface area contributed by atoms with Crippen LogP contribution in [0.5, 0.6) is 0 Å². The monoisotopic (exact) mass is 197 g/mol. The number of rotatable bonds is 3. The van der Waals surface area contributed by atoms with Gasteiger partial charge in [0.15, 0.2) is 5.78 Å². The molecule has 0 fully saturated rings. The Morgan fingerprint density at radius 3 is 2.15 bits per heavy atom. The van der Waals surface area contributed by atoms with Gasteiger partial charge in [-0.1, -0.05) is 0 Å². The maximum absolute atomic E-state index is 11.6. The molecule has 0 aromatic heterocycles. The number of alkyl halides is 3. The van der Waals surface area contributed by atoms with E-state index >= 15 is 0 Å². The van der Waals surface area contributed by atoms with E-state index in [-0.39, 0.29) is 5.78 Å². The number of carbonyl (C=O) groups is 2. The van der Waals surface area contributed by atoms with Crippen LogP contribution in [0.4, 0.5) is 13.2 Å². The van der Waals surface area contributed by atoms with Crippen LogP contribution in [-0.2, 0) is 9.59 Å². The van der Waals surface area contributed by atoms with Crippen molar-refractivity contribution in [3.8, 4) is 0 Å². The molecule has 13 heavy (non-hydrogen) atoms. The van der Waals surface area contributed by atoms with Gasteiger partial charge in [-0.05, 0) is 13.8 Å². The Morgan fingerprint density at radius 2 is 1.85 bits per heavy atom. The molecule has 3 nitrogen and oxygen atoms in total. The van der Waals surface area contributed by atoms with Gasteiger partial charge in [-0.15, -0.1) is 0 Å². The minimum Gasteiger partial charge on any atom is -0.346 e. The molecule has 0 aromatic carbocycles. The molecule has 0 rings (SSSR count). The molecule has 0 heterocycles. The largest absolute Gasteiger partial charge is 0.397 e. The number of hydrogen-bond acceptors (Lipinski definition) is 2. The molecule has 0 radical (unpaired) electrons. The first-order chi connectivity index (χ1) is 5.72. The zero-order valence-corrected chi connectivity index (χ0v) is 7.23. The molecule has 0 aliphatic heterocycles. The second-order valence-electron chi connectivity index (χ2n) is 2.69. The number of ketones is 1. The standard InChI is InChI=1S/C7H10F3NO2/c1-4(5(2)12)11-6(13)3-7(8,9)10/h4H,3H2,1-2H3,(H,11,13). The summed E-state index contributed by atoms with van der Waals surface area (Å²) >= 11 is 0. The predicted molar refractivity (Wildman–Crippen MR) is 39.0 cm³/mol. The topological polar surface area (TPSA) is 46.2 Å². The molecule has 0 aliphatic carbocycles. The minimum atomic E-state index is -4.53. The van der Waals surface area contributed by atoms with Crippen molar-refractivity contribution in [2.75, 3.05) is 0 Å². The van der Waals surface area contributed by atoms with Gasteiger partial charge in [0.2, 0.25) is 5.91 Å². The van der Waals surface area contributed by atoms with Crippen molar-refractivity contribution in [2.24, 2.45) is 0 Å². The summed E-state index contributed by atoms with van der Waals surface area (Å²) in [6, 6.07) is -0.866. The van der Waals surface area contributed by atoms with Crippen molar-refractivity contribution in [2.45, 2.75) is 32.5 Å². The quantitative estimate of drug-likeness (QED) is 0.734. The highest BCUT2D eigenvalue weighted by atomic mass is 19.4. The van der Waals surface area contributed by atoms with Crippen LogP contribution in [0.15, 0.2) is 0 Å². The smallest absolute Gasteiger partial charge is 0.346 e. The minimum absolute atomic E-state index is 0.379. The molecule has 0 aromatic rings. The van der Waals surface area contributed by atoms with Gasteiger partial charge in [0.25, 0.3) is 0 Å². The van der Waals surface area contributed by atoms with E-state index in [1.165, 1.54) is 13.8 Å². The van der Waals surface area contributed by atoms with E-state index < -0.39 is 24.5 Å². The Balaban J connectivity index is 3.96. The second kappa shape index (κ2) is 4.25. The molecular formula is C7H10F3NO2. The van der Waals surface area contributed by atoms with E-state index in [0.29, 0.717) is 0 Å². The van der Waals surface area contributed by atoms with Gasteiger partial charge in [-0.25, -0.2) is 0 Å². The Kier molecular flexibility index (Phi) is 3.90. The Bertz CT molecular complexity index is 212. The molecule has 0 spiro atoms. The van der Waals surface area contributed by atoms with Crippen molar-refractivity contribution >= 4 is 11.7 Å². The molecule has 1 amide bonds. The van der Waals surface area contributed by atoms with Crippen molar-refractivity contribution in [3.05, 3.63) is 0 Å². The van der Waals surface area contributed by atoms with Crippen LogP contribution in [0, 0.1) is 0 Å². The second-order valence-corrected chi connectivity index (χ2v) is 2.69. The summed E-state index contributed by atoms with van der Waals surface area (Å²) in [5, 5.41) is 1.93. The average Bonchev–Trinajstić information content (AvgIpc) is 1.81. The predicted octanol–water partition coefficient (Wildman–Crippen LogP) is 1.03. The molecular weight excluding hydrogens is 187 g/mol. The van der Waals surface area contributed by atoms with Gasteiger partial charge in [-0.3, -0.25) is 9.59 Å². The number of nitrogens with one attached hydrogen (secondary N) is 1. The summed E-state index contributed by atoms with van der Waals surface area (Å²) in [5.41, 5.74) is 0. The van der Waals surface area contributed by atoms with Crippen LogP contribution in [-0.4, -0.2) is 23.9 Å². The lowest BCUT2D eigenvalue weighted by Crippen LogP contribution is -2.39. The van der Waals surface area contributed by atoms with E-state index in [0.717, 1.165) is 0 Å². The number of hydrogen-bond donors (Lipinski definition) is 1. The van der Waals surface area contributed by atoms with Crippen molar-refractivity contribution < 1.29 is 22.8 Å². The summed E-state index contributed by atoms with van der Waals surface area (Å²) in [6.45, 7) is 2.52. The zero-order valence-electron chi connectivity index (χ0n) is 7.23. The highest BCUT2D eigenvalue weighted by molar-refractivity contribution is 5.87.